The Bertz CT molecular complexity index is 777. The SMILES string of the molecule is COc1ccc2c(c1)C(C1=CCOc3ccc(OC)cc31)=CCO2. The Kier molecular flexibility index (Phi) is 3.65. The van der Waals surface area contributed by atoms with Gasteiger partial charge in [-0.05, 0) is 59.7 Å². The average molecular weight is 322 g/mol. The number of hydrogen-bond acceptors (Lipinski definition) is 4. The lowest BCUT2D eigenvalue weighted by Gasteiger charge is -2.25. The first-order valence-electron chi connectivity index (χ1n) is 7.83. The zero-order valence-corrected chi connectivity index (χ0v) is 13.7. The first-order chi connectivity index (χ1) is 11.8. The molecule has 0 bridgehead atoms. The van der Waals surface area contributed by atoms with E-state index >= 15 is 0 Å². The standard InChI is InChI=1S/C20H18O4/c1-21-13-3-5-19-17(11-13)15(7-9-23-19)16-8-10-24-20-6-4-14(22-2)12-18(16)20/h3-8,11-12H,9-10H2,1-2H3. The summed E-state index contributed by atoms with van der Waals surface area (Å²) >= 11 is 0. The topological polar surface area (TPSA) is 36.9 Å². The second kappa shape index (κ2) is 5.96. The van der Waals surface area contributed by atoms with Crippen LogP contribution in [0.15, 0.2) is 48.6 Å². The summed E-state index contributed by atoms with van der Waals surface area (Å²) in [5.41, 5.74) is 4.32. The van der Waals surface area contributed by atoms with Crippen LogP contribution in [0, 0.1) is 0 Å². The maximum Gasteiger partial charge on any atom is 0.127 e. The van der Waals surface area contributed by atoms with E-state index < -0.39 is 0 Å². The van der Waals surface area contributed by atoms with Crippen LogP contribution in [0.1, 0.15) is 11.1 Å². The Morgan fingerprint density at radius 3 is 1.58 bits per heavy atom. The second-order valence-corrected chi connectivity index (χ2v) is 5.58. The third kappa shape index (κ3) is 2.40. The molecule has 0 radical (unpaired) electrons. The minimum atomic E-state index is 0.548. The molecule has 0 aliphatic carbocycles. The fourth-order valence-electron chi connectivity index (χ4n) is 3.10. The maximum absolute atomic E-state index is 5.76. The van der Waals surface area contributed by atoms with E-state index in [0.717, 1.165) is 45.3 Å². The summed E-state index contributed by atoms with van der Waals surface area (Å²) in [6, 6.07) is 11.8. The zero-order chi connectivity index (χ0) is 16.5. The number of methoxy groups -OCH3 is 2. The molecule has 0 saturated carbocycles. The van der Waals surface area contributed by atoms with Crippen molar-refractivity contribution in [3.05, 3.63) is 59.7 Å². The predicted octanol–water partition coefficient (Wildman–Crippen LogP) is 3.96. The van der Waals surface area contributed by atoms with Crippen molar-refractivity contribution in [3.63, 3.8) is 0 Å². The van der Waals surface area contributed by atoms with Crippen molar-refractivity contribution in [1.82, 2.24) is 0 Å². The molecule has 0 atom stereocenters. The first-order valence-corrected chi connectivity index (χ1v) is 7.83. The van der Waals surface area contributed by atoms with Crippen LogP contribution in [0.4, 0.5) is 0 Å². The van der Waals surface area contributed by atoms with Gasteiger partial charge in [0.05, 0.1) is 14.2 Å². The van der Waals surface area contributed by atoms with Crippen LogP contribution in [0.2, 0.25) is 0 Å². The molecule has 2 heterocycles. The van der Waals surface area contributed by atoms with Gasteiger partial charge < -0.3 is 18.9 Å². The molecule has 0 N–H and O–H groups in total. The molecule has 122 valence electrons. The first kappa shape index (κ1) is 14.7. The lowest BCUT2D eigenvalue weighted by atomic mass is 9.89. The summed E-state index contributed by atoms with van der Waals surface area (Å²) in [5.74, 6) is 3.35. The molecule has 4 rings (SSSR count). The van der Waals surface area contributed by atoms with E-state index in [0.29, 0.717) is 13.2 Å². The van der Waals surface area contributed by atoms with Gasteiger partial charge in [0.2, 0.25) is 0 Å². The van der Waals surface area contributed by atoms with Crippen LogP contribution in [0.25, 0.3) is 11.1 Å². The minimum Gasteiger partial charge on any atom is -0.497 e. The maximum atomic E-state index is 5.76. The van der Waals surface area contributed by atoms with Crippen molar-refractivity contribution in [3.8, 4) is 23.0 Å². The van der Waals surface area contributed by atoms with E-state index in [4.69, 9.17) is 18.9 Å². The van der Waals surface area contributed by atoms with Crippen molar-refractivity contribution in [1.29, 1.82) is 0 Å². The van der Waals surface area contributed by atoms with E-state index in [9.17, 15) is 0 Å². The van der Waals surface area contributed by atoms with Gasteiger partial charge in [-0.15, -0.1) is 0 Å². The molecule has 0 fully saturated rings. The number of benzene rings is 2. The quantitative estimate of drug-likeness (QED) is 0.857. The predicted molar refractivity (Wildman–Crippen MR) is 92.9 cm³/mol. The summed E-state index contributed by atoms with van der Waals surface area (Å²) in [5, 5.41) is 0. The lowest BCUT2D eigenvalue weighted by Crippen LogP contribution is -2.10. The average Bonchev–Trinajstić information content (AvgIpc) is 2.66. The van der Waals surface area contributed by atoms with E-state index in [1.54, 1.807) is 14.2 Å². The highest BCUT2D eigenvalue weighted by Crippen LogP contribution is 2.44. The smallest absolute Gasteiger partial charge is 0.127 e. The molecule has 2 aliphatic rings. The van der Waals surface area contributed by atoms with Crippen molar-refractivity contribution >= 4 is 11.1 Å². The summed E-state index contributed by atoms with van der Waals surface area (Å²) in [7, 11) is 3.34. The number of ether oxygens (including phenoxy) is 4. The molecule has 0 aromatic heterocycles. The van der Waals surface area contributed by atoms with E-state index in [2.05, 4.69) is 12.2 Å². The molecule has 2 aliphatic heterocycles. The van der Waals surface area contributed by atoms with Crippen molar-refractivity contribution in [2.75, 3.05) is 27.4 Å². The van der Waals surface area contributed by atoms with E-state index in [1.807, 2.05) is 36.4 Å². The molecule has 24 heavy (non-hydrogen) atoms. The van der Waals surface area contributed by atoms with Gasteiger partial charge in [0.15, 0.2) is 0 Å². The van der Waals surface area contributed by atoms with Gasteiger partial charge in [-0.1, -0.05) is 0 Å². The van der Waals surface area contributed by atoms with Crippen LogP contribution < -0.4 is 18.9 Å². The van der Waals surface area contributed by atoms with Gasteiger partial charge in [0.25, 0.3) is 0 Å². The van der Waals surface area contributed by atoms with Crippen molar-refractivity contribution in [2.45, 2.75) is 0 Å². The highest BCUT2D eigenvalue weighted by molar-refractivity contribution is 6.08. The van der Waals surface area contributed by atoms with Gasteiger partial charge >= 0.3 is 0 Å². The highest BCUT2D eigenvalue weighted by atomic mass is 16.5. The van der Waals surface area contributed by atoms with Gasteiger partial charge in [-0.2, -0.15) is 0 Å². The molecular weight excluding hydrogens is 304 g/mol. The monoisotopic (exact) mass is 322 g/mol. The molecule has 4 nitrogen and oxygen atoms in total. The number of allylic oxidation sites excluding steroid dienone is 2. The second-order valence-electron chi connectivity index (χ2n) is 5.58. The van der Waals surface area contributed by atoms with Crippen LogP contribution in [0.3, 0.4) is 0 Å². The number of fused-ring (bicyclic) bond motifs is 2. The van der Waals surface area contributed by atoms with Gasteiger partial charge in [0.1, 0.15) is 36.2 Å². The molecular formula is C20H18O4. The zero-order valence-electron chi connectivity index (χ0n) is 13.7. The van der Waals surface area contributed by atoms with E-state index in [-0.39, 0.29) is 0 Å². The molecule has 0 saturated heterocycles. The third-order valence-electron chi connectivity index (χ3n) is 4.30. The van der Waals surface area contributed by atoms with Crippen molar-refractivity contribution in [2.24, 2.45) is 0 Å². The van der Waals surface area contributed by atoms with Crippen LogP contribution in [0.5, 0.6) is 23.0 Å². The van der Waals surface area contributed by atoms with E-state index in [1.165, 1.54) is 0 Å². The normalized spacial score (nSPS) is 15.1. The highest BCUT2D eigenvalue weighted by Gasteiger charge is 2.23. The van der Waals surface area contributed by atoms with Gasteiger partial charge in [-0.3, -0.25) is 0 Å². The van der Waals surface area contributed by atoms with Gasteiger partial charge in [-0.25, -0.2) is 0 Å². The minimum absolute atomic E-state index is 0.548. The van der Waals surface area contributed by atoms with Gasteiger partial charge in [0, 0.05) is 11.1 Å². The summed E-state index contributed by atoms with van der Waals surface area (Å²) in [4.78, 5) is 0. The Balaban J connectivity index is 1.84. The Labute approximate surface area is 140 Å². The molecule has 2 aromatic carbocycles. The summed E-state index contributed by atoms with van der Waals surface area (Å²) in [6.45, 7) is 1.10. The number of hydrogen-bond donors (Lipinski definition) is 0. The Morgan fingerprint density at radius 1 is 0.708 bits per heavy atom. The summed E-state index contributed by atoms with van der Waals surface area (Å²) < 4.78 is 22.3. The molecule has 0 amide bonds. The largest absolute Gasteiger partial charge is 0.497 e. The molecule has 4 heteroatoms. The van der Waals surface area contributed by atoms with Crippen molar-refractivity contribution < 1.29 is 18.9 Å². The molecule has 2 aromatic rings. The van der Waals surface area contributed by atoms with Crippen LogP contribution >= 0.6 is 0 Å². The fourth-order valence-corrected chi connectivity index (χ4v) is 3.10. The Morgan fingerprint density at radius 2 is 1.17 bits per heavy atom. The fraction of sp³-hybridized carbons (Fsp3) is 0.200. The molecule has 0 unspecified atom stereocenters. The molecule has 0 spiro atoms. The number of rotatable bonds is 3. The lowest BCUT2D eigenvalue weighted by molar-refractivity contribution is 0.353. The Hall–Kier alpha value is -2.88. The van der Waals surface area contributed by atoms with Crippen LogP contribution in [-0.4, -0.2) is 27.4 Å². The summed E-state index contributed by atoms with van der Waals surface area (Å²) in [6.07, 6.45) is 4.20. The van der Waals surface area contributed by atoms with Crippen LogP contribution in [-0.2, 0) is 0 Å². The third-order valence-corrected chi connectivity index (χ3v) is 4.30.